The van der Waals surface area contributed by atoms with Crippen molar-refractivity contribution in [3.05, 3.63) is 83.7 Å². The van der Waals surface area contributed by atoms with E-state index in [2.05, 4.69) is 22.3 Å². The van der Waals surface area contributed by atoms with Crippen LogP contribution in [0.25, 0.3) is 0 Å². The highest BCUT2D eigenvalue weighted by Gasteiger charge is 2.22. The van der Waals surface area contributed by atoms with Crippen LogP contribution >= 0.6 is 0 Å². The van der Waals surface area contributed by atoms with Crippen LogP contribution in [-0.2, 0) is 4.79 Å². The number of nitrogens with zero attached hydrogens (tertiary/aromatic N) is 1. The largest absolute Gasteiger partial charge is 0.493 e. The molecule has 0 aromatic heterocycles. The van der Waals surface area contributed by atoms with Crippen LogP contribution in [0.3, 0.4) is 0 Å². The van der Waals surface area contributed by atoms with Crippen molar-refractivity contribution < 1.29 is 23.4 Å². The van der Waals surface area contributed by atoms with E-state index < -0.39 is 0 Å². The van der Waals surface area contributed by atoms with Gasteiger partial charge in [-0.3, -0.25) is 4.79 Å². The topological polar surface area (TPSA) is 60.0 Å². The molecule has 7 heteroatoms. The van der Waals surface area contributed by atoms with Gasteiger partial charge in [0, 0.05) is 23.2 Å². The number of unbranched alkanes of at least 4 members (excludes halogenated alkanes) is 2. The Morgan fingerprint density at radius 2 is 1.69 bits per heavy atom. The van der Waals surface area contributed by atoms with E-state index in [0.717, 1.165) is 63.8 Å². The Balaban J connectivity index is 1.24. The number of amides is 1. The molecule has 0 spiro atoms. The Morgan fingerprint density at radius 1 is 0.929 bits per heavy atom. The van der Waals surface area contributed by atoms with Gasteiger partial charge in [-0.25, -0.2) is 4.39 Å². The lowest BCUT2D eigenvalue weighted by atomic mass is 9.89. The van der Waals surface area contributed by atoms with E-state index in [1.54, 1.807) is 38.5 Å². The van der Waals surface area contributed by atoms with Gasteiger partial charge in [-0.1, -0.05) is 50.6 Å². The molecule has 6 nitrogen and oxygen atoms in total. The van der Waals surface area contributed by atoms with Crippen LogP contribution < -0.4 is 19.5 Å². The number of anilines is 1. The Bertz CT molecular complexity index is 1290. The van der Waals surface area contributed by atoms with E-state index in [9.17, 15) is 9.18 Å². The number of hydrogen-bond donors (Lipinski definition) is 1. The molecule has 3 aromatic rings. The summed E-state index contributed by atoms with van der Waals surface area (Å²) in [4.78, 5) is 14.6. The molecule has 1 aliphatic rings. The SMILES string of the molecule is COc1ccc(OC(CCCCCN2CCC(c3cccc(NC(=O)C(C)C)c3)CC2)c2ccccc2F)cc1OC. The van der Waals surface area contributed by atoms with E-state index >= 15 is 0 Å². The van der Waals surface area contributed by atoms with Crippen molar-refractivity contribution in [1.82, 2.24) is 4.90 Å². The van der Waals surface area contributed by atoms with Crippen molar-refractivity contribution in [1.29, 1.82) is 0 Å². The molecule has 0 bridgehead atoms. The zero-order valence-corrected chi connectivity index (χ0v) is 25.4. The number of carbonyl (C=O) groups is 1. The molecule has 1 atom stereocenters. The van der Waals surface area contributed by atoms with E-state index in [1.807, 2.05) is 38.1 Å². The molecule has 1 heterocycles. The summed E-state index contributed by atoms with van der Waals surface area (Å²) in [6, 6.07) is 20.6. The van der Waals surface area contributed by atoms with Crippen LogP contribution in [0.1, 0.15) is 75.5 Å². The first-order chi connectivity index (χ1) is 20.4. The average molecular weight is 577 g/mol. The number of methoxy groups -OCH3 is 2. The molecule has 0 saturated carbocycles. The summed E-state index contributed by atoms with van der Waals surface area (Å²) in [6.07, 6.45) is 5.67. The molecule has 1 unspecified atom stereocenters. The summed E-state index contributed by atoms with van der Waals surface area (Å²) >= 11 is 0. The second kappa shape index (κ2) is 15.6. The number of carbonyl (C=O) groups excluding carboxylic acids is 1. The van der Waals surface area contributed by atoms with Crippen LogP contribution in [0.5, 0.6) is 17.2 Å². The number of rotatable bonds is 14. The fourth-order valence-electron chi connectivity index (χ4n) is 5.56. The number of piperidine rings is 1. The molecule has 3 aromatic carbocycles. The highest BCUT2D eigenvalue weighted by molar-refractivity contribution is 5.92. The van der Waals surface area contributed by atoms with E-state index in [0.29, 0.717) is 28.7 Å². The minimum Gasteiger partial charge on any atom is -0.493 e. The number of likely N-dealkylation sites (tertiary alicyclic amines) is 1. The van der Waals surface area contributed by atoms with E-state index in [1.165, 1.54) is 11.6 Å². The van der Waals surface area contributed by atoms with Gasteiger partial charge in [-0.2, -0.15) is 0 Å². The quantitative estimate of drug-likeness (QED) is 0.197. The Morgan fingerprint density at radius 3 is 2.40 bits per heavy atom. The smallest absolute Gasteiger partial charge is 0.226 e. The fourth-order valence-corrected chi connectivity index (χ4v) is 5.56. The number of hydrogen-bond acceptors (Lipinski definition) is 5. The summed E-state index contributed by atoms with van der Waals surface area (Å²) in [6.45, 7) is 7.04. The number of halogens is 1. The van der Waals surface area contributed by atoms with Crippen LogP contribution in [0.4, 0.5) is 10.1 Å². The molecule has 1 aliphatic heterocycles. The monoisotopic (exact) mass is 576 g/mol. The zero-order chi connectivity index (χ0) is 29.9. The molecular weight excluding hydrogens is 531 g/mol. The lowest BCUT2D eigenvalue weighted by molar-refractivity contribution is -0.118. The predicted molar refractivity (Wildman–Crippen MR) is 166 cm³/mol. The first kappa shape index (κ1) is 31.4. The lowest BCUT2D eigenvalue weighted by Gasteiger charge is -2.32. The van der Waals surface area contributed by atoms with Gasteiger partial charge in [0.1, 0.15) is 17.7 Å². The van der Waals surface area contributed by atoms with Gasteiger partial charge >= 0.3 is 0 Å². The first-order valence-corrected chi connectivity index (χ1v) is 15.1. The predicted octanol–water partition coefficient (Wildman–Crippen LogP) is 8.00. The minimum atomic E-state index is -0.388. The van der Waals surface area contributed by atoms with Crippen molar-refractivity contribution in [3.63, 3.8) is 0 Å². The Kier molecular flexibility index (Phi) is 11.6. The summed E-state index contributed by atoms with van der Waals surface area (Å²) in [5, 5.41) is 3.02. The minimum absolute atomic E-state index is 0.0348. The van der Waals surface area contributed by atoms with Crippen molar-refractivity contribution in [3.8, 4) is 17.2 Å². The third kappa shape index (κ3) is 8.71. The van der Waals surface area contributed by atoms with Crippen molar-refractivity contribution >= 4 is 11.6 Å². The maximum Gasteiger partial charge on any atom is 0.226 e. The molecule has 1 saturated heterocycles. The normalized spacial score (nSPS) is 14.9. The molecule has 1 N–H and O–H groups in total. The molecule has 0 radical (unpaired) electrons. The third-order valence-electron chi connectivity index (χ3n) is 8.06. The third-order valence-corrected chi connectivity index (χ3v) is 8.06. The summed E-state index contributed by atoms with van der Waals surface area (Å²) in [5.74, 6) is 2.11. The van der Waals surface area contributed by atoms with E-state index in [4.69, 9.17) is 14.2 Å². The maximum absolute atomic E-state index is 14.7. The highest BCUT2D eigenvalue weighted by Crippen LogP contribution is 2.35. The molecular formula is C35H45FN2O4. The first-order valence-electron chi connectivity index (χ1n) is 15.1. The van der Waals surface area contributed by atoms with Gasteiger partial charge in [0.2, 0.25) is 5.91 Å². The van der Waals surface area contributed by atoms with Gasteiger partial charge in [0.15, 0.2) is 11.5 Å². The molecule has 1 fully saturated rings. The summed E-state index contributed by atoms with van der Waals surface area (Å²) < 4.78 is 31.8. The lowest BCUT2D eigenvalue weighted by Crippen LogP contribution is -2.33. The van der Waals surface area contributed by atoms with Crippen LogP contribution in [0, 0.1) is 11.7 Å². The Hall–Kier alpha value is -3.58. The van der Waals surface area contributed by atoms with E-state index in [-0.39, 0.29) is 23.7 Å². The molecule has 42 heavy (non-hydrogen) atoms. The second-order valence-electron chi connectivity index (χ2n) is 11.4. The average Bonchev–Trinajstić information content (AvgIpc) is 3.01. The fraction of sp³-hybridized carbons (Fsp3) is 0.457. The number of benzene rings is 3. The van der Waals surface area contributed by atoms with Crippen molar-refractivity contribution in [2.45, 2.75) is 64.4 Å². The van der Waals surface area contributed by atoms with Gasteiger partial charge in [0.25, 0.3) is 0 Å². The van der Waals surface area contributed by atoms with Crippen molar-refractivity contribution in [2.24, 2.45) is 5.92 Å². The van der Waals surface area contributed by atoms with Gasteiger partial charge in [-0.05, 0) is 93.6 Å². The van der Waals surface area contributed by atoms with Gasteiger partial charge in [-0.15, -0.1) is 0 Å². The van der Waals surface area contributed by atoms with Crippen LogP contribution in [0.2, 0.25) is 0 Å². The summed E-state index contributed by atoms with van der Waals surface area (Å²) in [7, 11) is 3.18. The van der Waals surface area contributed by atoms with Crippen LogP contribution in [-0.4, -0.2) is 44.7 Å². The summed E-state index contributed by atoms with van der Waals surface area (Å²) in [5.41, 5.74) is 2.77. The highest BCUT2D eigenvalue weighted by atomic mass is 19.1. The van der Waals surface area contributed by atoms with Gasteiger partial charge < -0.3 is 24.4 Å². The molecule has 226 valence electrons. The standard InChI is InChI=1S/C35H45FN2O4/c1-25(2)35(39)37-28-12-10-11-27(23-28)26-18-21-38(22-19-26)20-9-5-6-15-32(30-13-7-8-14-31(30)36)42-29-16-17-33(40-3)34(24-29)41-4/h7-8,10-14,16-17,23-26,32H,5-6,9,15,18-22H2,1-4H3,(H,37,39). The molecule has 4 rings (SSSR count). The second-order valence-corrected chi connectivity index (χ2v) is 11.4. The van der Waals surface area contributed by atoms with Crippen LogP contribution in [0.15, 0.2) is 66.7 Å². The maximum atomic E-state index is 14.7. The molecule has 1 amide bonds. The van der Waals surface area contributed by atoms with Crippen molar-refractivity contribution in [2.75, 3.05) is 39.2 Å². The Labute approximate surface area is 250 Å². The molecule has 0 aliphatic carbocycles. The zero-order valence-electron chi connectivity index (χ0n) is 25.4. The number of ether oxygens (including phenoxy) is 3. The van der Waals surface area contributed by atoms with Gasteiger partial charge in [0.05, 0.1) is 14.2 Å². The number of nitrogens with one attached hydrogen (secondary N) is 1.